The van der Waals surface area contributed by atoms with Gasteiger partial charge in [-0.3, -0.25) is 0 Å². The molecule has 1 N–H and O–H groups in total. The van der Waals surface area contributed by atoms with Gasteiger partial charge in [0.2, 0.25) is 0 Å². The molecule has 1 aliphatic rings. The van der Waals surface area contributed by atoms with E-state index >= 15 is 0 Å². The molecular formula is C13H18N4. The first-order chi connectivity index (χ1) is 8.33. The monoisotopic (exact) mass is 230 g/mol. The molecule has 4 heteroatoms. The van der Waals surface area contributed by atoms with Gasteiger partial charge in [-0.1, -0.05) is 0 Å². The average Bonchev–Trinajstić information content (AvgIpc) is 2.74. The highest BCUT2D eigenvalue weighted by Gasteiger charge is 2.15. The van der Waals surface area contributed by atoms with E-state index in [9.17, 15) is 0 Å². The highest BCUT2D eigenvalue weighted by molar-refractivity contribution is 5.40. The van der Waals surface area contributed by atoms with Crippen LogP contribution in [-0.2, 0) is 6.42 Å². The molecule has 0 spiro atoms. The summed E-state index contributed by atoms with van der Waals surface area (Å²) in [5, 5.41) is 8.04. The number of rotatable bonds is 2. The van der Waals surface area contributed by atoms with Gasteiger partial charge in [0.15, 0.2) is 5.65 Å². The molecule has 1 fully saturated rings. The number of hydrogen-bond acceptors (Lipinski definition) is 3. The van der Waals surface area contributed by atoms with Crippen molar-refractivity contribution in [2.75, 3.05) is 13.1 Å². The molecule has 2 aromatic rings. The first kappa shape index (κ1) is 10.7. The summed E-state index contributed by atoms with van der Waals surface area (Å²) in [5.74, 6) is 0.779. The van der Waals surface area contributed by atoms with Crippen molar-refractivity contribution in [3.8, 4) is 0 Å². The molecule has 0 aromatic carbocycles. The van der Waals surface area contributed by atoms with Crippen LogP contribution in [-0.4, -0.2) is 27.7 Å². The highest BCUT2D eigenvalue weighted by Crippen LogP contribution is 2.18. The Morgan fingerprint density at radius 3 is 3.00 bits per heavy atom. The number of fused-ring (bicyclic) bond motifs is 1. The standard InChI is InChI=1S/C13H18N4/c1-10-2-7-15-13-9-12(16-17(10)13)8-11-3-5-14-6-4-11/h2,7,9,11,14H,3-6,8H2,1H3. The molecule has 17 heavy (non-hydrogen) atoms. The van der Waals surface area contributed by atoms with Crippen molar-refractivity contribution in [1.82, 2.24) is 19.9 Å². The van der Waals surface area contributed by atoms with Crippen molar-refractivity contribution in [3.05, 3.63) is 29.7 Å². The van der Waals surface area contributed by atoms with Crippen LogP contribution in [0.4, 0.5) is 0 Å². The summed E-state index contributed by atoms with van der Waals surface area (Å²) in [6.07, 6.45) is 5.46. The average molecular weight is 230 g/mol. The van der Waals surface area contributed by atoms with Crippen LogP contribution < -0.4 is 5.32 Å². The van der Waals surface area contributed by atoms with Gasteiger partial charge in [0, 0.05) is 18.0 Å². The van der Waals surface area contributed by atoms with Gasteiger partial charge in [-0.2, -0.15) is 5.10 Å². The Labute approximate surface area is 101 Å². The van der Waals surface area contributed by atoms with E-state index in [1.807, 2.05) is 16.8 Å². The number of piperidine rings is 1. The molecule has 1 saturated heterocycles. The van der Waals surface area contributed by atoms with Crippen LogP contribution in [0, 0.1) is 12.8 Å². The quantitative estimate of drug-likeness (QED) is 0.851. The van der Waals surface area contributed by atoms with Gasteiger partial charge < -0.3 is 5.32 Å². The van der Waals surface area contributed by atoms with Gasteiger partial charge in [-0.15, -0.1) is 0 Å². The zero-order valence-electron chi connectivity index (χ0n) is 10.2. The summed E-state index contributed by atoms with van der Waals surface area (Å²) in [7, 11) is 0. The maximum absolute atomic E-state index is 4.64. The molecule has 0 atom stereocenters. The third kappa shape index (κ3) is 2.17. The summed E-state index contributed by atoms with van der Waals surface area (Å²) in [6, 6.07) is 4.11. The Balaban J connectivity index is 1.83. The number of nitrogens with zero attached hydrogens (tertiary/aromatic N) is 3. The molecule has 0 saturated carbocycles. The van der Waals surface area contributed by atoms with E-state index < -0.39 is 0 Å². The number of aryl methyl sites for hydroxylation is 1. The van der Waals surface area contributed by atoms with E-state index in [0.29, 0.717) is 0 Å². The maximum atomic E-state index is 4.64. The summed E-state index contributed by atoms with van der Waals surface area (Å²) >= 11 is 0. The minimum Gasteiger partial charge on any atom is -0.317 e. The van der Waals surface area contributed by atoms with Crippen LogP contribution in [0.15, 0.2) is 18.3 Å². The minimum atomic E-state index is 0.779. The van der Waals surface area contributed by atoms with E-state index in [2.05, 4.69) is 28.4 Å². The van der Waals surface area contributed by atoms with Gasteiger partial charge in [0.1, 0.15) is 0 Å². The largest absolute Gasteiger partial charge is 0.317 e. The van der Waals surface area contributed by atoms with E-state index in [0.717, 1.165) is 36.8 Å². The lowest BCUT2D eigenvalue weighted by Gasteiger charge is -2.21. The smallest absolute Gasteiger partial charge is 0.155 e. The first-order valence-corrected chi connectivity index (χ1v) is 6.34. The Morgan fingerprint density at radius 2 is 2.24 bits per heavy atom. The van der Waals surface area contributed by atoms with Crippen molar-refractivity contribution < 1.29 is 0 Å². The van der Waals surface area contributed by atoms with Crippen molar-refractivity contribution in [2.24, 2.45) is 5.92 Å². The number of aromatic nitrogens is 3. The fourth-order valence-corrected chi connectivity index (χ4v) is 2.54. The van der Waals surface area contributed by atoms with E-state index in [4.69, 9.17) is 0 Å². The van der Waals surface area contributed by atoms with Crippen molar-refractivity contribution >= 4 is 5.65 Å². The normalized spacial score (nSPS) is 17.7. The van der Waals surface area contributed by atoms with Crippen LogP contribution in [0.3, 0.4) is 0 Å². The summed E-state index contributed by atoms with van der Waals surface area (Å²) in [5.41, 5.74) is 3.29. The predicted octanol–water partition coefficient (Wildman–Crippen LogP) is 1.58. The molecule has 0 unspecified atom stereocenters. The van der Waals surface area contributed by atoms with Gasteiger partial charge in [0.25, 0.3) is 0 Å². The van der Waals surface area contributed by atoms with Gasteiger partial charge >= 0.3 is 0 Å². The summed E-state index contributed by atoms with van der Waals surface area (Å²) < 4.78 is 1.94. The molecule has 0 radical (unpaired) electrons. The van der Waals surface area contributed by atoms with Crippen LogP contribution >= 0.6 is 0 Å². The number of nitrogens with one attached hydrogen (secondary N) is 1. The van der Waals surface area contributed by atoms with Gasteiger partial charge in [-0.25, -0.2) is 9.50 Å². The first-order valence-electron chi connectivity index (χ1n) is 6.34. The lowest BCUT2D eigenvalue weighted by atomic mass is 9.93. The zero-order valence-corrected chi connectivity index (χ0v) is 10.2. The molecule has 3 rings (SSSR count). The van der Waals surface area contributed by atoms with Crippen LogP contribution in [0.1, 0.15) is 24.2 Å². The van der Waals surface area contributed by atoms with E-state index in [1.54, 1.807) is 0 Å². The Morgan fingerprint density at radius 1 is 1.41 bits per heavy atom. The van der Waals surface area contributed by atoms with Crippen molar-refractivity contribution in [3.63, 3.8) is 0 Å². The van der Waals surface area contributed by atoms with Crippen molar-refractivity contribution in [2.45, 2.75) is 26.2 Å². The third-order valence-corrected chi connectivity index (χ3v) is 3.55. The van der Waals surface area contributed by atoms with Crippen molar-refractivity contribution in [1.29, 1.82) is 0 Å². The fraction of sp³-hybridized carbons (Fsp3) is 0.538. The lowest BCUT2D eigenvalue weighted by Crippen LogP contribution is -2.28. The Hall–Kier alpha value is -1.42. The van der Waals surface area contributed by atoms with Crippen LogP contribution in [0.25, 0.3) is 5.65 Å². The molecule has 0 aliphatic carbocycles. The van der Waals surface area contributed by atoms with E-state index in [-0.39, 0.29) is 0 Å². The molecule has 3 heterocycles. The molecule has 4 nitrogen and oxygen atoms in total. The Kier molecular flexibility index (Phi) is 2.81. The molecule has 1 aliphatic heterocycles. The topological polar surface area (TPSA) is 42.2 Å². The predicted molar refractivity (Wildman–Crippen MR) is 67.0 cm³/mol. The zero-order chi connectivity index (χ0) is 11.7. The van der Waals surface area contributed by atoms with E-state index in [1.165, 1.54) is 18.5 Å². The fourth-order valence-electron chi connectivity index (χ4n) is 2.54. The second kappa shape index (κ2) is 4.45. The van der Waals surface area contributed by atoms with Crippen LogP contribution in [0.2, 0.25) is 0 Å². The number of hydrogen-bond donors (Lipinski definition) is 1. The molecule has 0 bridgehead atoms. The SMILES string of the molecule is Cc1ccnc2cc(CC3CCNCC3)nn12. The van der Waals surface area contributed by atoms with Crippen LogP contribution in [0.5, 0.6) is 0 Å². The molecule has 0 amide bonds. The minimum absolute atomic E-state index is 0.779. The maximum Gasteiger partial charge on any atom is 0.155 e. The lowest BCUT2D eigenvalue weighted by molar-refractivity contribution is 0.369. The summed E-state index contributed by atoms with van der Waals surface area (Å²) in [6.45, 7) is 4.36. The molecule has 90 valence electrons. The highest BCUT2D eigenvalue weighted by atomic mass is 15.3. The van der Waals surface area contributed by atoms with Gasteiger partial charge in [0.05, 0.1) is 5.69 Å². The second-order valence-electron chi connectivity index (χ2n) is 4.89. The third-order valence-electron chi connectivity index (χ3n) is 3.55. The molecular weight excluding hydrogens is 212 g/mol. The van der Waals surface area contributed by atoms with Gasteiger partial charge in [-0.05, 0) is 51.3 Å². The second-order valence-corrected chi connectivity index (χ2v) is 4.89. The summed E-state index contributed by atoms with van der Waals surface area (Å²) in [4.78, 5) is 4.34. The molecule has 2 aromatic heterocycles. The Bertz CT molecular complexity index is 511.